The number of nitrogens with two attached hydrogens (primary N) is 1. The summed E-state index contributed by atoms with van der Waals surface area (Å²) in [4.78, 5) is 23.9. The van der Waals surface area contributed by atoms with E-state index in [-0.39, 0.29) is 12.0 Å². The monoisotopic (exact) mass is 307 g/mol. The molecule has 0 saturated carbocycles. The maximum absolute atomic E-state index is 12.3. The lowest BCUT2D eigenvalue weighted by molar-refractivity contribution is -0.0174. The van der Waals surface area contributed by atoms with E-state index < -0.39 is 0 Å². The molecule has 1 atom stereocenters. The summed E-state index contributed by atoms with van der Waals surface area (Å²) in [5, 5.41) is 2.88. The van der Waals surface area contributed by atoms with Gasteiger partial charge in [0.2, 0.25) is 0 Å². The fourth-order valence-corrected chi connectivity index (χ4v) is 3.23. The van der Waals surface area contributed by atoms with E-state index in [2.05, 4.69) is 20.2 Å². The van der Waals surface area contributed by atoms with Crippen molar-refractivity contribution in [3.63, 3.8) is 0 Å². The summed E-state index contributed by atoms with van der Waals surface area (Å²) in [6.45, 7) is 2.89. The quantitative estimate of drug-likeness (QED) is 0.849. The number of ether oxygens (including phenoxy) is 1. The van der Waals surface area contributed by atoms with E-state index in [9.17, 15) is 4.79 Å². The Morgan fingerprint density at radius 1 is 1.57 bits per heavy atom. The first-order valence-electron chi connectivity index (χ1n) is 6.72. The number of hydrogen-bond donors (Lipinski definition) is 2. The summed E-state index contributed by atoms with van der Waals surface area (Å²) in [7, 11) is 2.04. The third-order valence-electron chi connectivity index (χ3n) is 3.40. The molecule has 112 valence electrons. The fraction of sp³-hybridized carbons (Fsp3) is 0.462. The van der Waals surface area contributed by atoms with Gasteiger partial charge in [-0.25, -0.2) is 9.97 Å². The van der Waals surface area contributed by atoms with E-state index in [0.29, 0.717) is 34.1 Å². The van der Waals surface area contributed by atoms with Crippen LogP contribution in [0.4, 0.5) is 5.69 Å². The minimum atomic E-state index is -0.200. The highest BCUT2D eigenvalue weighted by atomic mass is 32.1. The number of nitrogens with zero attached hydrogens (tertiary/aromatic N) is 3. The number of carbonyl (C=O) groups is 1. The van der Waals surface area contributed by atoms with Crippen LogP contribution in [0.25, 0.3) is 10.3 Å². The molecule has 1 aliphatic heterocycles. The first-order valence-corrected chi connectivity index (χ1v) is 7.54. The van der Waals surface area contributed by atoms with Crippen molar-refractivity contribution in [1.29, 1.82) is 0 Å². The molecule has 0 aromatic carbocycles. The van der Waals surface area contributed by atoms with Gasteiger partial charge in [-0.3, -0.25) is 4.79 Å². The summed E-state index contributed by atoms with van der Waals surface area (Å²) < 4.78 is 5.61. The molecule has 0 aliphatic carbocycles. The second-order valence-electron chi connectivity index (χ2n) is 5.02. The zero-order chi connectivity index (χ0) is 14.8. The van der Waals surface area contributed by atoms with Crippen LogP contribution < -0.4 is 11.1 Å². The third kappa shape index (κ3) is 2.97. The van der Waals surface area contributed by atoms with E-state index in [1.165, 1.54) is 11.3 Å². The van der Waals surface area contributed by atoms with Crippen LogP contribution >= 0.6 is 11.3 Å². The summed E-state index contributed by atoms with van der Waals surface area (Å²) in [5.74, 6) is -0.200. The number of nitrogens with one attached hydrogen (secondary N) is 1. The van der Waals surface area contributed by atoms with Crippen molar-refractivity contribution in [2.45, 2.75) is 6.10 Å². The molecule has 1 fully saturated rings. The highest BCUT2D eigenvalue weighted by Crippen LogP contribution is 2.30. The lowest BCUT2D eigenvalue weighted by Crippen LogP contribution is -2.45. The molecule has 1 aliphatic rings. The highest BCUT2D eigenvalue weighted by Gasteiger charge is 2.21. The Bertz CT molecular complexity index is 659. The molecule has 2 aromatic rings. The van der Waals surface area contributed by atoms with Gasteiger partial charge in [-0.2, -0.15) is 0 Å². The molecule has 3 rings (SSSR count). The molecular weight excluding hydrogens is 290 g/mol. The van der Waals surface area contributed by atoms with E-state index >= 15 is 0 Å². The fourth-order valence-electron chi connectivity index (χ4n) is 2.29. The Hall–Kier alpha value is -1.77. The van der Waals surface area contributed by atoms with Crippen molar-refractivity contribution < 1.29 is 9.53 Å². The second kappa shape index (κ2) is 5.92. The normalized spacial score (nSPS) is 19.8. The second-order valence-corrected chi connectivity index (χ2v) is 6.02. The van der Waals surface area contributed by atoms with Crippen molar-refractivity contribution in [1.82, 2.24) is 20.2 Å². The predicted molar refractivity (Wildman–Crippen MR) is 81.4 cm³/mol. The molecule has 21 heavy (non-hydrogen) atoms. The van der Waals surface area contributed by atoms with Crippen LogP contribution in [0, 0.1) is 0 Å². The largest absolute Gasteiger partial charge is 0.396 e. The van der Waals surface area contributed by atoms with E-state index in [1.54, 1.807) is 12.4 Å². The van der Waals surface area contributed by atoms with Gasteiger partial charge in [-0.05, 0) is 7.05 Å². The van der Waals surface area contributed by atoms with Gasteiger partial charge in [0.15, 0.2) is 0 Å². The molecule has 0 spiro atoms. The zero-order valence-electron chi connectivity index (χ0n) is 11.7. The van der Waals surface area contributed by atoms with Gasteiger partial charge in [-0.15, -0.1) is 11.3 Å². The van der Waals surface area contributed by atoms with Crippen LogP contribution in [0.3, 0.4) is 0 Å². The highest BCUT2D eigenvalue weighted by molar-refractivity contribution is 7.21. The van der Waals surface area contributed by atoms with Crippen molar-refractivity contribution in [2.24, 2.45) is 0 Å². The van der Waals surface area contributed by atoms with E-state index in [1.807, 2.05) is 7.05 Å². The molecule has 0 bridgehead atoms. The minimum absolute atomic E-state index is 0.0135. The van der Waals surface area contributed by atoms with Gasteiger partial charge < -0.3 is 20.7 Å². The molecule has 3 heterocycles. The van der Waals surface area contributed by atoms with Gasteiger partial charge >= 0.3 is 0 Å². The molecule has 1 saturated heterocycles. The Morgan fingerprint density at radius 3 is 3.14 bits per heavy atom. The van der Waals surface area contributed by atoms with Crippen molar-refractivity contribution in [3.8, 4) is 0 Å². The van der Waals surface area contributed by atoms with Crippen LogP contribution in [0.2, 0.25) is 0 Å². The Morgan fingerprint density at radius 2 is 2.38 bits per heavy atom. The van der Waals surface area contributed by atoms with Gasteiger partial charge in [0.1, 0.15) is 15.2 Å². The number of anilines is 1. The topological polar surface area (TPSA) is 93.4 Å². The van der Waals surface area contributed by atoms with Gasteiger partial charge in [0, 0.05) is 32.0 Å². The first-order chi connectivity index (χ1) is 10.1. The minimum Gasteiger partial charge on any atom is -0.396 e. The predicted octanol–water partition coefficient (Wildman–Crippen LogP) is 0.334. The summed E-state index contributed by atoms with van der Waals surface area (Å²) >= 11 is 1.26. The molecule has 1 unspecified atom stereocenters. The number of nitrogen functional groups attached to an aromatic ring is 1. The van der Waals surface area contributed by atoms with E-state index in [4.69, 9.17) is 10.5 Å². The van der Waals surface area contributed by atoms with Crippen LogP contribution in [-0.4, -0.2) is 60.2 Å². The number of carbonyl (C=O) groups excluding carboxylic acids is 1. The molecule has 3 N–H and O–H groups in total. The smallest absolute Gasteiger partial charge is 0.263 e. The molecule has 8 heteroatoms. The molecule has 7 nitrogen and oxygen atoms in total. The lowest BCUT2D eigenvalue weighted by atomic mass is 10.2. The molecule has 2 aromatic heterocycles. The number of fused-ring (bicyclic) bond motifs is 1. The number of likely N-dealkylation sites (N-methyl/N-ethyl adjacent to an activating group) is 1. The molecule has 1 amide bonds. The number of morpholine rings is 1. The zero-order valence-corrected chi connectivity index (χ0v) is 12.5. The standard InChI is InChI=1S/C13H17N5O2S/c1-18-4-5-20-8(7-18)6-17-12(19)11-9(14)10-13(21-11)16-3-2-15-10/h2-3,8H,4-7,14H2,1H3,(H,17,19). The van der Waals surface area contributed by atoms with Crippen molar-refractivity contribution >= 4 is 33.3 Å². The van der Waals surface area contributed by atoms with Crippen LogP contribution in [0.1, 0.15) is 9.67 Å². The first kappa shape index (κ1) is 14.2. The average molecular weight is 307 g/mol. The SMILES string of the molecule is CN1CCOC(CNC(=O)c2sc3nccnc3c2N)C1. The maximum Gasteiger partial charge on any atom is 0.263 e. The summed E-state index contributed by atoms with van der Waals surface area (Å²) in [6, 6.07) is 0. The van der Waals surface area contributed by atoms with Crippen molar-refractivity contribution in [3.05, 3.63) is 17.3 Å². The van der Waals surface area contributed by atoms with Crippen LogP contribution in [-0.2, 0) is 4.74 Å². The lowest BCUT2D eigenvalue weighted by Gasteiger charge is -2.30. The molecular formula is C13H17N5O2S. The van der Waals surface area contributed by atoms with Crippen molar-refractivity contribution in [2.75, 3.05) is 39.0 Å². The van der Waals surface area contributed by atoms with Gasteiger partial charge in [0.25, 0.3) is 5.91 Å². The Balaban J connectivity index is 1.68. The number of hydrogen-bond acceptors (Lipinski definition) is 7. The van der Waals surface area contributed by atoms with Crippen LogP contribution in [0.5, 0.6) is 0 Å². The number of thiophene rings is 1. The molecule has 0 radical (unpaired) electrons. The van der Waals surface area contributed by atoms with Gasteiger partial charge in [0.05, 0.1) is 18.4 Å². The Kier molecular flexibility index (Phi) is 4.00. The maximum atomic E-state index is 12.3. The average Bonchev–Trinajstić information content (AvgIpc) is 2.83. The van der Waals surface area contributed by atoms with Crippen LogP contribution in [0.15, 0.2) is 12.4 Å². The third-order valence-corrected chi connectivity index (χ3v) is 4.50. The van der Waals surface area contributed by atoms with E-state index in [0.717, 1.165) is 13.1 Å². The summed E-state index contributed by atoms with van der Waals surface area (Å²) in [5.41, 5.74) is 6.95. The number of aromatic nitrogens is 2. The number of amides is 1. The van der Waals surface area contributed by atoms with Gasteiger partial charge in [-0.1, -0.05) is 0 Å². The Labute approximate surface area is 126 Å². The summed E-state index contributed by atoms with van der Waals surface area (Å²) in [6.07, 6.45) is 3.17. The number of rotatable bonds is 3.